The topological polar surface area (TPSA) is 26.3 Å². The zero-order chi connectivity index (χ0) is 8.48. The summed E-state index contributed by atoms with van der Waals surface area (Å²) < 4.78 is 5.49. The molecule has 0 N–H and O–H groups in total. The van der Waals surface area contributed by atoms with Crippen LogP contribution in [-0.4, -0.2) is 19.0 Å². The highest BCUT2D eigenvalue weighted by molar-refractivity contribution is 5.59. The summed E-state index contributed by atoms with van der Waals surface area (Å²) in [5.74, 6) is 0.610. The lowest BCUT2D eigenvalue weighted by molar-refractivity contribution is -0.120. The van der Waals surface area contributed by atoms with Crippen LogP contribution in [0.2, 0.25) is 0 Å². The minimum absolute atomic E-state index is 0.134. The molecule has 0 unspecified atom stereocenters. The minimum Gasteiger partial charge on any atom is -0.377 e. The van der Waals surface area contributed by atoms with E-state index in [2.05, 4.69) is 6.92 Å². The average Bonchev–Trinajstić information content (AvgIpc) is 2.36. The van der Waals surface area contributed by atoms with Crippen LogP contribution >= 0.6 is 0 Å². The molecule has 0 aromatic heterocycles. The fourth-order valence-corrected chi connectivity index (χ4v) is 1.38. The molecule has 1 saturated heterocycles. The molecule has 0 amide bonds. The number of rotatable bonds is 2. The van der Waals surface area contributed by atoms with Gasteiger partial charge in [-0.1, -0.05) is 20.8 Å². The Balaban J connectivity index is 2.55. The van der Waals surface area contributed by atoms with Gasteiger partial charge in [-0.15, -0.1) is 0 Å². The second kappa shape index (κ2) is 2.94. The van der Waals surface area contributed by atoms with Gasteiger partial charge in [0.05, 0.1) is 6.10 Å². The number of hydrogen-bond donors (Lipinski definition) is 0. The lowest BCUT2D eigenvalue weighted by Crippen LogP contribution is -2.30. The van der Waals surface area contributed by atoms with Crippen molar-refractivity contribution < 1.29 is 9.53 Å². The Bertz CT molecular complexity index is 152. The van der Waals surface area contributed by atoms with Gasteiger partial charge in [0.25, 0.3) is 0 Å². The Morgan fingerprint density at radius 2 is 2.18 bits per heavy atom. The molecule has 2 nitrogen and oxygen atoms in total. The van der Waals surface area contributed by atoms with Crippen LogP contribution in [0, 0.1) is 11.3 Å². The average molecular weight is 156 g/mol. The zero-order valence-electron chi connectivity index (χ0n) is 7.46. The Morgan fingerprint density at radius 1 is 1.55 bits per heavy atom. The highest BCUT2D eigenvalue weighted by Gasteiger charge is 2.35. The highest BCUT2D eigenvalue weighted by atomic mass is 16.5. The van der Waals surface area contributed by atoms with E-state index in [0.29, 0.717) is 5.92 Å². The third kappa shape index (κ3) is 1.80. The van der Waals surface area contributed by atoms with E-state index in [-0.39, 0.29) is 11.5 Å². The van der Waals surface area contributed by atoms with Gasteiger partial charge in [0.1, 0.15) is 6.29 Å². The number of carbonyl (C=O) groups excluding carboxylic acids is 1. The molecule has 64 valence electrons. The van der Waals surface area contributed by atoms with E-state index in [1.165, 1.54) is 0 Å². The van der Waals surface area contributed by atoms with Gasteiger partial charge in [0, 0.05) is 12.0 Å². The van der Waals surface area contributed by atoms with Crippen molar-refractivity contribution in [1.82, 2.24) is 0 Å². The predicted octanol–water partition coefficient (Wildman–Crippen LogP) is 1.64. The molecule has 1 aliphatic heterocycles. The zero-order valence-corrected chi connectivity index (χ0v) is 7.46. The van der Waals surface area contributed by atoms with Crippen molar-refractivity contribution in [1.29, 1.82) is 0 Å². The summed E-state index contributed by atoms with van der Waals surface area (Å²) in [5.41, 5.74) is -0.301. The van der Waals surface area contributed by atoms with Crippen LogP contribution < -0.4 is 0 Å². The molecular weight excluding hydrogens is 140 g/mol. The normalized spacial score (nSPS) is 32.3. The third-order valence-electron chi connectivity index (χ3n) is 2.33. The molecule has 1 fully saturated rings. The van der Waals surface area contributed by atoms with Gasteiger partial charge in [0.2, 0.25) is 0 Å². The first-order chi connectivity index (χ1) is 5.06. The molecule has 0 spiro atoms. The predicted molar refractivity (Wildman–Crippen MR) is 43.4 cm³/mol. The summed E-state index contributed by atoms with van der Waals surface area (Å²) in [7, 11) is 0. The van der Waals surface area contributed by atoms with E-state index in [4.69, 9.17) is 4.74 Å². The van der Waals surface area contributed by atoms with Crippen molar-refractivity contribution in [2.45, 2.75) is 33.3 Å². The second-order valence-corrected chi connectivity index (χ2v) is 4.10. The van der Waals surface area contributed by atoms with E-state index in [0.717, 1.165) is 19.3 Å². The summed E-state index contributed by atoms with van der Waals surface area (Å²) >= 11 is 0. The van der Waals surface area contributed by atoms with Crippen LogP contribution in [-0.2, 0) is 9.53 Å². The smallest absolute Gasteiger partial charge is 0.128 e. The molecule has 2 heteroatoms. The maximum atomic E-state index is 10.6. The van der Waals surface area contributed by atoms with Crippen molar-refractivity contribution >= 4 is 6.29 Å². The fraction of sp³-hybridized carbons (Fsp3) is 0.889. The molecule has 2 atom stereocenters. The van der Waals surface area contributed by atoms with Crippen molar-refractivity contribution in [3.05, 3.63) is 0 Å². The molecule has 1 aliphatic rings. The molecule has 0 aliphatic carbocycles. The molecule has 0 aromatic rings. The van der Waals surface area contributed by atoms with Crippen molar-refractivity contribution in [3.63, 3.8) is 0 Å². The first kappa shape index (κ1) is 8.72. The molecule has 0 radical (unpaired) electrons. The number of hydrogen-bond acceptors (Lipinski definition) is 2. The van der Waals surface area contributed by atoms with Gasteiger partial charge >= 0.3 is 0 Å². The Kier molecular flexibility index (Phi) is 2.33. The summed E-state index contributed by atoms with van der Waals surface area (Å²) in [4.78, 5) is 10.6. The van der Waals surface area contributed by atoms with Crippen LogP contribution in [0.15, 0.2) is 0 Å². The Hall–Kier alpha value is -0.370. The van der Waals surface area contributed by atoms with E-state index in [1.54, 1.807) is 0 Å². The molecule has 0 saturated carbocycles. The van der Waals surface area contributed by atoms with Gasteiger partial charge in [-0.3, -0.25) is 0 Å². The van der Waals surface area contributed by atoms with Crippen molar-refractivity contribution in [3.8, 4) is 0 Å². The number of aldehydes is 1. The van der Waals surface area contributed by atoms with Crippen LogP contribution in [0.4, 0.5) is 0 Å². The third-order valence-corrected chi connectivity index (χ3v) is 2.33. The summed E-state index contributed by atoms with van der Waals surface area (Å²) in [6.45, 7) is 6.83. The van der Waals surface area contributed by atoms with Crippen molar-refractivity contribution in [2.75, 3.05) is 6.61 Å². The first-order valence-corrected chi connectivity index (χ1v) is 4.14. The van der Waals surface area contributed by atoms with Gasteiger partial charge in [-0.25, -0.2) is 0 Å². The van der Waals surface area contributed by atoms with E-state index >= 15 is 0 Å². The summed E-state index contributed by atoms with van der Waals surface area (Å²) in [6.07, 6.45) is 2.15. The molecule has 0 aromatic carbocycles. The first-order valence-electron chi connectivity index (χ1n) is 4.14. The molecule has 1 rings (SSSR count). The van der Waals surface area contributed by atoms with Crippen LogP contribution in [0.1, 0.15) is 27.2 Å². The molecular formula is C9H16O2. The van der Waals surface area contributed by atoms with Crippen LogP contribution in [0.3, 0.4) is 0 Å². The molecule has 1 heterocycles. The van der Waals surface area contributed by atoms with Crippen LogP contribution in [0.5, 0.6) is 0 Å². The maximum Gasteiger partial charge on any atom is 0.128 e. The molecule has 0 bridgehead atoms. The fourth-order valence-electron chi connectivity index (χ4n) is 1.38. The largest absolute Gasteiger partial charge is 0.377 e. The monoisotopic (exact) mass is 156 g/mol. The Morgan fingerprint density at radius 3 is 2.55 bits per heavy atom. The van der Waals surface area contributed by atoms with Gasteiger partial charge < -0.3 is 9.53 Å². The number of carbonyl (C=O) groups is 1. The number of ether oxygens (including phenoxy) is 1. The second-order valence-electron chi connectivity index (χ2n) is 4.10. The Labute approximate surface area is 67.9 Å². The molecule has 11 heavy (non-hydrogen) atoms. The van der Waals surface area contributed by atoms with Crippen molar-refractivity contribution in [2.24, 2.45) is 11.3 Å². The quantitative estimate of drug-likeness (QED) is 0.568. The van der Waals surface area contributed by atoms with E-state index < -0.39 is 0 Å². The lowest BCUT2D eigenvalue weighted by atomic mass is 9.85. The van der Waals surface area contributed by atoms with Gasteiger partial charge in [-0.05, 0) is 12.3 Å². The summed E-state index contributed by atoms with van der Waals surface area (Å²) in [6, 6.07) is 0. The SMILES string of the molecule is C[C@H]1CO[C@H](C(C)(C)C=O)C1. The highest BCUT2D eigenvalue weighted by Crippen LogP contribution is 2.31. The lowest BCUT2D eigenvalue weighted by Gasteiger charge is -2.23. The van der Waals surface area contributed by atoms with Gasteiger partial charge in [-0.2, -0.15) is 0 Å². The van der Waals surface area contributed by atoms with E-state index in [9.17, 15) is 4.79 Å². The van der Waals surface area contributed by atoms with Crippen LogP contribution in [0.25, 0.3) is 0 Å². The maximum absolute atomic E-state index is 10.6. The van der Waals surface area contributed by atoms with E-state index in [1.807, 2.05) is 13.8 Å². The minimum atomic E-state index is -0.301. The standard InChI is InChI=1S/C9H16O2/c1-7-4-8(11-5-7)9(2,3)6-10/h6-8H,4-5H2,1-3H3/t7-,8+/m1/s1. The van der Waals surface area contributed by atoms with Gasteiger partial charge in [0.15, 0.2) is 0 Å². The summed E-state index contributed by atoms with van der Waals surface area (Å²) in [5, 5.41) is 0.